The van der Waals surface area contributed by atoms with Crippen LogP contribution < -0.4 is 4.90 Å². The van der Waals surface area contributed by atoms with E-state index in [9.17, 15) is 13.2 Å². The fraction of sp³-hybridized carbons (Fsp3) is 0.348. The molecule has 0 radical (unpaired) electrons. The fourth-order valence-electron chi connectivity index (χ4n) is 5.08. The Hall–Kier alpha value is -2.64. The molecule has 1 fully saturated rings. The predicted molar refractivity (Wildman–Crippen MR) is 118 cm³/mol. The van der Waals surface area contributed by atoms with E-state index in [1.54, 1.807) is 0 Å². The van der Waals surface area contributed by atoms with Crippen LogP contribution in [0.25, 0.3) is 6.08 Å². The van der Waals surface area contributed by atoms with E-state index in [-0.39, 0.29) is 0 Å². The van der Waals surface area contributed by atoms with Gasteiger partial charge in [0.05, 0.1) is 13.4 Å². The lowest BCUT2D eigenvalue weighted by Crippen LogP contribution is -2.53. The fourth-order valence-corrected chi connectivity index (χ4v) is 6.41. The van der Waals surface area contributed by atoms with Crippen LogP contribution in [0.4, 0.5) is 5.69 Å². The van der Waals surface area contributed by atoms with Crippen LogP contribution in [-0.4, -0.2) is 51.3 Å². The molecular weight excluding hydrogens is 400 g/mol. The number of rotatable bonds is 5. The topological polar surface area (TPSA) is 66.9 Å². The Morgan fingerprint density at radius 1 is 1.17 bits per heavy atom. The first-order valence-corrected chi connectivity index (χ1v) is 11.7. The number of likely N-dealkylation sites (N-methyl/N-ethyl adjacent to an activating group) is 1. The molecule has 0 saturated carbocycles. The third-order valence-corrected chi connectivity index (χ3v) is 7.46. The number of carbonyl (C=O) groups is 1. The summed E-state index contributed by atoms with van der Waals surface area (Å²) in [4.78, 5) is 14.6. The number of fused-ring (bicyclic) bond motifs is 3. The zero-order valence-corrected chi connectivity index (χ0v) is 18.2. The predicted octanol–water partition coefficient (Wildman–Crippen LogP) is 3.01. The molecule has 0 aromatic heterocycles. The van der Waals surface area contributed by atoms with Crippen LogP contribution in [0.2, 0.25) is 0 Å². The van der Waals surface area contributed by atoms with Gasteiger partial charge in [0, 0.05) is 18.2 Å². The third kappa shape index (κ3) is 3.22. The molecule has 0 spiro atoms. The average molecular weight is 427 g/mol. The van der Waals surface area contributed by atoms with Crippen molar-refractivity contribution in [2.24, 2.45) is 0 Å². The molecule has 6 nitrogen and oxygen atoms in total. The van der Waals surface area contributed by atoms with Crippen molar-refractivity contribution in [3.63, 3.8) is 0 Å². The van der Waals surface area contributed by atoms with Crippen LogP contribution in [0.3, 0.4) is 0 Å². The molecule has 30 heavy (non-hydrogen) atoms. The van der Waals surface area contributed by atoms with Gasteiger partial charge in [-0.3, -0.25) is 4.79 Å². The Balaban J connectivity index is 1.82. The van der Waals surface area contributed by atoms with Crippen molar-refractivity contribution < 1.29 is 17.9 Å². The van der Waals surface area contributed by atoms with Gasteiger partial charge in [0.1, 0.15) is 12.2 Å². The first kappa shape index (κ1) is 20.6. The first-order valence-electron chi connectivity index (χ1n) is 9.90. The van der Waals surface area contributed by atoms with E-state index in [0.29, 0.717) is 12.8 Å². The summed E-state index contributed by atoms with van der Waals surface area (Å²) in [5.74, 6) is -0.521. The van der Waals surface area contributed by atoms with Crippen molar-refractivity contribution in [2.75, 3.05) is 25.3 Å². The van der Waals surface area contributed by atoms with Crippen LogP contribution >= 0.6 is 0 Å². The van der Waals surface area contributed by atoms with E-state index >= 15 is 0 Å². The number of anilines is 1. The van der Waals surface area contributed by atoms with Crippen LogP contribution in [0.15, 0.2) is 60.7 Å². The highest BCUT2D eigenvalue weighted by Gasteiger charge is 2.63. The lowest BCUT2D eigenvalue weighted by molar-refractivity contribution is -0.144. The number of methoxy groups -OCH3 is 1. The second-order valence-electron chi connectivity index (χ2n) is 8.01. The summed E-state index contributed by atoms with van der Waals surface area (Å²) >= 11 is 0. The minimum atomic E-state index is -3.66. The molecule has 7 heteroatoms. The molecule has 158 valence electrons. The number of ether oxygens (including phenoxy) is 1. The standard InChI is InChI=1S/C23H26N2O4S/c1-24-19-14-8-7-13-18(19)23(15-9-12-17-10-5-4-6-11-17)16-20(21(26)29-2)25(22(23)24)30(3,27)28/h4-14,20,22H,15-16H2,1-3H3/b12-9-/t20?,22-,23-/m1/s1. The van der Waals surface area contributed by atoms with Gasteiger partial charge in [-0.05, 0) is 30.0 Å². The molecule has 0 N–H and O–H groups in total. The Labute approximate surface area is 177 Å². The van der Waals surface area contributed by atoms with Gasteiger partial charge in [0.15, 0.2) is 0 Å². The van der Waals surface area contributed by atoms with E-state index in [2.05, 4.69) is 6.08 Å². The summed E-state index contributed by atoms with van der Waals surface area (Å²) in [5.41, 5.74) is 2.59. The first-order chi connectivity index (χ1) is 14.3. The molecule has 2 aliphatic heterocycles. The zero-order chi connectivity index (χ0) is 21.5. The smallest absolute Gasteiger partial charge is 0.324 e. The van der Waals surface area contributed by atoms with E-state index in [0.717, 1.165) is 23.1 Å². The maximum absolute atomic E-state index is 12.8. The Kier molecular flexibility index (Phi) is 5.20. The molecule has 0 amide bonds. The largest absolute Gasteiger partial charge is 0.468 e. The number of benzene rings is 2. The van der Waals surface area contributed by atoms with Crippen LogP contribution in [-0.2, 0) is 25.0 Å². The minimum absolute atomic E-state index is 0.373. The van der Waals surface area contributed by atoms with Gasteiger partial charge in [-0.2, -0.15) is 4.31 Å². The van der Waals surface area contributed by atoms with Crippen molar-refractivity contribution in [1.29, 1.82) is 0 Å². The average Bonchev–Trinajstić information content (AvgIpc) is 3.20. The quantitative estimate of drug-likeness (QED) is 0.688. The lowest BCUT2D eigenvalue weighted by atomic mass is 9.75. The molecule has 4 rings (SSSR count). The minimum Gasteiger partial charge on any atom is -0.468 e. The second kappa shape index (κ2) is 7.56. The van der Waals surface area contributed by atoms with Crippen molar-refractivity contribution in [3.05, 3.63) is 71.8 Å². The molecule has 1 unspecified atom stereocenters. The molecule has 1 saturated heterocycles. The Bertz CT molecular complexity index is 1080. The zero-order valence-electron chi connectivity index (χ0n) is 17.4. The SMILES string of the molecule is COC(=O)C1C[C@]2(C/C=C\c3ccccc3)c3ccccc3N(C)[C@@H]2N1S(C)(=O)=O. The maximum atomic E-state index is 12.8. The lowest BCUT2D eigenvalue weighted by Gasteiger charge is -2.35. The summed E-state index contributed by atoms with van der Waals surface area (Å²) in [7, 11) is -0.465. The Morgan fingerprint density at radius 3 is 2.50 bits per heavy atom. The molecule has 2 aromatic rings. The van der Waals surface area contributed by atoms with Crippen LogP contribution in [0.1, 0.15) is 24.0 Å². The number of nitrogens with zero attached hydrogens (tertiary/aromatic N) is 2. The monoisotopic (exact) mass is 426 g/mol. The molecular formula is C23H26N2O4S. The van der Waals surface area contributed by atoms with Gasteiger partial charge in [-0.15, -0.1) is 0 Å². The molecule has 0 bridgehead atoms. The van der Waals surface area contributed by atoms with Crippen molar-refractivity contribution in [2.45, 2.75) is 30.5 Å². The van der Waals surface area contributed by atoms with Crippen molar-refractivity contribution in [1.82, 2.24) is 4.31 Å². The number of hydrogen-bond donors (Lipinski definition) is 0. The third-order valence-electron chi connectivity index (χ3n) is 6.24. The highest BCUT2D eigenvalue weighted by atomic mass is 32.2. The van der Waals surface area contributed by atoms with E-state index in [1.807, 2.05) is 72.6 Å². The van der Waals surface area contributed by atoms with Crippen molar-refractivity contribution >= 4 is 27.8 Å². The van der Waals surface area contributed by atoms with Crippen LogP contribution in [0, 0.1) is 0 Å². The highest BCUT2D eigenvalue weighted by molar-refractivity contribution is 7.88. The molecule has 2 aromatic carbocycles. The number of sulfonamides is 1. The Morgan fingerprint density at radius 2 is 1.83 bits per heavy atom. The number of allylic oxidation sites excluding steroid dienone is 1. The summed E-state index contributed by atoms with van der Waals surface area (Å²) in [6.07, 6.45) is 5.77. The van der Waals surface area contributed by atoms with Gasteiger partial charge < -0.3 is 9.64 Å². The highest BCUT2D eigenvalue weighted by Crippen LogP contribution is 2.56. The molecule has 2 aliphatic rings. The maximum Gasteiger partial charge on any atom is 0.324 e. The van der Waals surface area contributed by atoms with Gasteiger partial charge in [0.25, 0.3) is 0 Å². The number of hydrogen-bond acceptors (Lipinski definition) is 5. The van der Waals surface area contributed by atoms with Crippen molar-refractivity contribution in [3.8, 4) is 0 Å². The molecule has 3 atom stereocenters. The second-order valence-corrected chi connectivity index (χ2v) is 9.90. The molecule has 0 aliphatic carbocycles. The van der Waals surface area contributed by atoms with Gasteiger partial charge in [-0.25, -0.2) is 8.42 Å². The van der Waals surface area contributed by atoms with E-state index in [1.165, 1.54) is 11.4 Å². The number of esters is 1. The van der Waals surface area contributed by atoms with E-state index in [4.69, 9.17) is 4.74 Å². The normalized spacial score (nSPS) is 26.0. The molecule has 2 heterocycles. The summed E-state index contributed by atoms with van der Waals surface area (Å²) < 4.78 is 32.0. The number of carbonyl (C=O) groups excluding carboxylic acids is 1. The van der Waals surface area contributed by atoms with Gasteiger partial charge in [0.2, 0.25) is 10.0 Å². The van der Waals surface area contributed by atoms with Crippen LogP contribution in [0.5, 0.6) is 0 Å². The van der Waals surface area contributed by atoms with Gasteiger partial charge >= 0.3 is 5.97 Å². The van der Waals surface area contributed by atoms with E-state index < -0.39 is 33.6 Å². The summed E-state index contributed by atoms with van der Waals surface area (Å²) in [6.45, 7) is 0. The summed E-state index contributed by atoms with van der Waals surface area (Å²) in [6, 6.07) is 17.1. The van der Waals surface area contributed by atoms with Gasteiger partial charge in [-0.1, -0.05) is 60.7 Å². The number of para-hydroxylation sites is 1. The summed E-state index contributed by atoms with van der Waals surface area (Å²) in [5, 5.41) is 0.